The van der Waals surface area contributed by atoms with Gasteiger partial charge in [-0.3, -0.25) is 0 Å². The number of unbranched alkanes of at least 4 members (excludes halogenated alkanes) is 1. The smallest absolute Gasteiger partial charge is 0.282 e. The number of aryl methyl sites for hydroxylation is 2. The Bertz CT molecular complexity index is 482. The first-order chi connectivity index (χ1) is 8.94. The summed E-state index contributed by atoms with van der Waals surface area (Å²) in [6, 6.07) is 0. The van der Waals surface area contributed by atoms with Crippen molar-refractivity contribution in [2.75, 3.05) is 12.4 Å². The normalized spacial score (nSPS) is 11.9. The summed E-state index contributed by atoms with van der Waals surface area (Å²) in [5.74, 6) is 0.643. The van der Waals surface area contributed by atoms with Gasteiger partial charge in [-0.05, 0) is 12.8 Å². The van der Waals surface area contributed by atoms with Crippen molar-refractivity contribution >= 4 is 10.1 Å². The molecular formula is C12H22N2O4S. The summed E-state index contributed by atoms with van der Waals surface area (Å²) in [5, 5.41) is 0. The van der Waals surface area contributed by atoms with Gasteiger partial charge in [0.25, 0.3) is 5.82 Å². The van der Waals surface area contributed by atoms with E-state index in [1.54, 1.807) is 0 Å². The lowest BCUT2D eigenvalue weighted by molar-refractivity contribution is -0.681. The summed E-state index contributed by atoms with van der Waals surface area (Å²) < 4.78 is 41.1. The van der Waals surface area contributed by atoms with Crippen LogP contribution in [-0.2, 0) is 35.1 Å². The topological polar surface area (TPSA) is 75.2 Å². The molecular weight excluding hydrogens is 268 g/mol. The molecule has 0 bridgehead atoms. The maximum Gasteiger partial charge on any atom is 0.282 e. The van der Waals surface area contributed by atoms with Crippen LogP contribution in [0.5, 0.6) is 0 Å². The second kappa shape index (κ2) is 7.62. The number of nitrogens with zero attached hydrogens (tertiary/aromatic N) is 2. The van der Waals surface area contributed by atoms with Crippen molar-refractivity contribution in [1.29, 1.82) is 0 Å². The predicted octanol–water partition coefficient (Wildman–Crippen LogP) is 0.565. The highest BCUT2D eigenvalue weighted by atomic mass is 32.2. The molecule has 0 atom stereocenters. The largest absolute Gasteiger partial charge is 0.748 e. The monoisotopic (exact) mass is 290 g/mol. The van der Waals surface area contributed by atoms with Gasteiger partial charge in [0, 0.05) is 12.4 Å². The van der Waals surface area contributed by atoms with Crippen LogP contribution in [0, 0.1) is 0 Å². The van der Waals surface area contributed by atoms with Crippen molar-refractivity contribution in [3.05, 3.63) is 18.2 Å². The lowest BCUT2D eigenvalue weighted by atomic mass is 10.4. The molecule has 0 saturated carbocycles. The Morgan fingerprint density at radius 1 is 1.42 bits per heavy atom. The highest BCUT2D eigenvalue weighted by Crippen LogP contribution is 2.02. The van der Waals surface area contributed by atoms with Gasteiger partial charge in [0.15, 0.2) is 0 Å². The molecule has 0 spiro atoms. The number of rotatable bonds is 9. The van der Waals surface area contributed by atoms with E-state index in [0.29, 0.717) is 19.6 Å². The van der Waals surface area contributed by atoms with Gasteiger partial charge >= 0.3 is 0 Å². The third-order valence-electron chi connectivity index (χ3n) is 2.88. The zero-order chi connectivity index (χ0) is 14.3. The maximum absolute atomic E-state index is 10.6. The lowest BCUT2D eigenvalue weighted by Crippen LogP contribution is -2.32. The minimum atomic E-state index is -4.13. The number of ether oxygens (including phenoxy) is 1. The Balaban J connectivity index is 2.49. The number of aromatic nitrogens is 2. The summed E-state index contributed by atoms with van der Waals surface area (Å²) in [6.45, 7) is 3.83. The Morgan fingerprint density at radius 3 is 2.79 bits per heavy atom. The third kappa shape index (κ3) is 6.17. The highest BCUT2D eigenvalue weighted by molar-refractivity contribution is 7.85. The summed E-state index contributed by atoms with van der Waals surface area (Å²) >= 11 is 0. The number of hydrogen-bond donors (Lipinski definition) is 0. The molecule has 19 heavy (non-hydrogen) atoms. The molecule has 1 rings (SSSR count). The SMILES string of the molecule is CCCCOCc1n(CCCS(=O)(=O)[O-])cc[n+]1C. The molecule has 110 valence electrons. The first kappa shape index (κ1) is 16.1. The molecule has 0 aliphatic rings. The van der Waals surface area contributed by atoms with Crippen molar-refractivity contribution in [3.63, 3.8) is 0 Å². The molecule has 0 saturated heterocycles. The van der Waals surface area contributed by atoms with Gasteiger partial charge in [-0.2, -0.15) is 0 Å². The van der Waals surface area contributed by atoms with Crippen LogP contribution >= 0.6 is 0 Å². The van der Waals surface area contributed by atoms with Gasteiger partial charge in [-0.25, -0.2) is 17.6 Å². The molecule has 6 nitrogen and oxygen atoms in total. The predicted molar refractivity (Wildman–Crippen MR) is 69.4 cm³/mol. The summed E-state index contributed by atoms with van der Waals surface area (Å²) in [7, 11) is -2.21. The molecule has 0 radical (unpaired) electrons. The first-order valence-electron chi connectivity index (χ1n) is 6.49. The van der Waals surface area contributed by atoms with Crippen LogP contribution in [0.1, 0.15) is 32.0 Å². The van der Waals surface area contributed by atoms with E-state index in [1.807, 2.05) is 28.6 Å². The highest BCUT2D eigenvalue weighted by Gasteiger charge is 2.14. The zero-order valence-corrected chi connectivity index (χ0v) is 12.4. The van der Waals surface area contributed by atoms with Crippen molar-refractivity contribution in [3.8, 4) is 0 Å². The summed E-state index contributed by atoms with van der Waals surface area (Å²) in [4.78, 5) is 0. The maximum atomic E-state index is 10.6. The summed E-state index contributed by atoms with van der Waals surface area (Å²) in [5.41, 5.74) is 0. The van der Waals surface area contributed by atoms with E-state index in [0.717, 1.165) is 25.3 Å². The summed E-state index contributed by atoms with van der Waals surface area (Å²) in [6.07, 6.45) is 6.20. The molecule has 0 N–H and O–H groups in total. The second-order valence-corrected chi connectivity index (χ2v) is 6.06. The van der Waals surface area contributed by atoms with E-state index in [1.165, 1.54) is 0 Å². The average molecular weight is 290 g/mol. The molecule has 7 heteroatoms. The number of hydrogen-bond acceptors (Lipinski definition) is 4. The average Bonchev–Trinajstić information content (AvgIpc) is 2.65. The molecule has 1 aromatic heterocycles. The van der Waals surface area contributed by atoms with Gasteiger partial charge in [-0.1, -0.05) is 13.3 Å². The van der Waals surface area contributed by atoms with Crippen LogP contribution in [0.3, 0.4) is 0 Å². The van der Waals surface area contributed by atoms with Gasteiger partial charge in [0.1, 0.15) is 19.0 Å². The Labute approximate surface area is 114 Å². The van der Waals surface area contributed by atoms with Gasteiger partial charge in [0.2, 0.25) is 0 Å². The molecule has 0 aliphatic carbocycles. The fourth-order valence-electron chi connectivity index (χ4n) is 1.77. The Hall–Kier alpha value is -0.920. The molecule has 1 heterocycles. The van der Waals surface area contributed by atoms with E-state index in [9.17, 15) is 13.0 Å². The second-order valence-electron chi connectivity index (χ2n) is 4.54. The van der Waals surface area contributed by atoms with E-state index < -0.39 is 10.1 Å². The van der Waals surface area contributed by atoms with Crippen molar-refractivity contribution in [2.24, 2.45) is 7.05 Å². The van der Waals surface area contributed by atoms with E-state index >= 15 is 0 Å². The van der Waals surface area contributed by atoms with Crippen molar-refractivity contribution in [1.82, 2.24) is 4.57 Å². The van der Waals surface area contributed by atoms with Crippen LogP contribution < -0.4 is 4.57 Å². The lowest BCUT2D eigenvalue weighted by Gasteiger charge is -2.06. The van der Waals surface area contributed by atoms with Crippen molar-refractivity contribution < 1.29 is 22.3 Å². The van der Waals surface area contributed by atoms with Crippen LogP contribution in [0.4, 0.5) is 0 Å². The molecule has 0 fully saturated rings. The van der Waals surface area contributed by atoms with Crippen LogP contribution in [0.2, 0.25) is 0 Å². The third-order valence-corrected chi connectivity index (χ3v) is 3.66. The minimum absolute atomic E-state index is 0.322. The van der Waals surface area contributed by atoms with Crippen LogP contribution in [0.15, 0.2) is 12.4 Å². The van der Waals surface area contributed by atoms with Crippen LogP contribution in [-0.4, -0.2) is 29.9 Å². The number of imidazole rings is 1. The quantitative estimate of drug-likeness (QED) is 0.378. The van der Waals surface area contributed by atoms with E-state index in [4.69, 9.17) is 4.74 Å². The first-order valence-corrected chi connectivity index (χ1v) is 8.06. The molecule has 0 aliphatic heterocycles. The van der Waals surface area contributed by atoms with E-state index in [2.05, 4.69) is 6.92 Å². The Morgan fingerprint density at radius 2 is 2.16 bits per heavy atom. The molecule has 0 amide bonds. The minimum Gasteiger partial charge on any atom is -0.748 e. The van der Waals surface area contributed by atoms with Crippen molar-refractivity contribution in [2.45, 2.75) is 39.3 Å². The fraction of sp³-hybridized carbons (Fsp3) is 0.750. The van der Waals surface area contributed by atoms with Gasteiger partial charge < -0.3 is 9.29 Å². The van der Waals surface area contributed by atoms with Crippen LogP contribution in [0.25, 0.3) is 0 Å². The molecule has 1 aromatic rings. The standard InChI is InChI=1S/C12H22N2O4S/c1-3-4-9-18-11-12-13(2)7-8-14(12)6-5-10-19(15,16)17/h7-8H,3-6,9-11H2,1-2H3. The Kier molecular flexibility index (Phi) is 6.47. The van der Waals surface area contributed by atoms with Gasteiger partial charge in [0.05, 0.1) is 23.7 Å². The van der Waals surface area contributed by atoms with E-state index in [-0.39, 0.29) is 5.75 Å². The fourth-order valence-corrected chi connectivity index (χ4v) is 2.25. The molecule has 0 unspecified atom stereocenters. The van der Waals surface area contributed by atoms with Gasteiger partial charge in [-0.15, -0.1) is 0 Å². The molecule has 0 aromatic carbocycles. The zero-order valence-electron chi connectivity index (χ0n) is 11.5.